The molecule has 0 radical (unpaired) electrons. The van der Waals surface area contributed by atoms with Gasteiger partial charge in [0, 0.05) is 44.1 Å². The predicted octanol–water partition coefficient (Wildman–Crippen LogP) is 5.65. The van der Waals surface area contributed by atoms with Gasteiger partial charge in [0.1, 0.15) is 41.8 Å². The summed E-state index contributed by atoms with van der Waals surface area (Å²) in [6.07, 6.45) is 5.76. The Labute approximate surface area is 316 Å². The number of fused-ring (bicyclic) bond motifs is 1. The van der Waals surface area contributed by atoms with Crippen LogP contribution in [0.15, 0.2) is 102 Å². The van der Waals surface area contributed by atoms with Crippen molar-refractivity contribution in [3.05, 3.63) is 136 Å². The van der Waals surface area contributed by atoms with Gasteiger partial charge in [0.2, 0.25) is 11.8 Å². The maximum Gasteiger partial charge on any atom is 0.271 e. The predicted molar refractivity (Wildman–Crippen MR) is 199 cm³/mol. The van der Waals surface area contributed by atoms with Gasteiger partial charge in [-0.3, -0.25) is 24.6 Å². The standard InChI is InChI=1S/C42H40FN5O7/c43-29-6-1-26(2-7-29)35-12-5-28-21-30(49)8-13-36(28)41(35)27-3-9-31(10-4-27)53-20-19-47-18-17-33(25-47)55-39-16-11-32(23-44-39)54-34-22-40(51)48(45-24-34)37-14-15-38(50)46-42(37)52/h1-4,6-11,13,16,21-24,33,35,37,41,49H,5,12,14-15,17-20,25H2,(H,46,50,52)/t33-,35+,37?,41-/m1/s1. The van der Waals surface area contributed by atoms with Crippen LogP contribution in [-0.4, -0.2) is 68.9 Å². The average Bonchev–Trinajstić information content (AvgIpc) is 3.63. The second-order valence-electron chi connectivity index (χ2n) is 14.2. The van der Waals surface area contributed by atoms with Gasteiger partial charge in [0.05, 0.1) is 12.4 Å². The monoisotopic (exact) mass is 745 g/mol. The molecule has 2 saturated heterocycles. The number of benzene rings is 3. The molecule has 2 N–H and O–H groups in total. The molecule has 2 aromatic heterocycles. The Kier molecular flexibility index (Phi) is 10.3. The molecule has 3 aliphatic rings. The van der Waals surface area contributed by atoms with Crippen LogP contribution in [0.25, 0.3) is 0 Å². The first-order chi connectivity index (χ1) is 26.8. The molecule has 55 heavy (non-hydrogen) atoms. The van der Waals surface area contributed by atoms with E-state index >= 15 is 0 Å². The first kappa shape index (κ1) is 35.9. The molecular formula is C42H40FN5O7. The Morgan fingerprint density at radius 3 is 2.40 bits per heavy atom. The highest BCUT2D eigenvalue weighted by Gasteiger charge is 2.33. The van der Waals surface area contributed by atoms with Crippen LogP contribution in [0.1, 0.15) is 65.8 Å². The van der Waals surface area contributed by atoms with E-state index in [0.29, 0.717) is 18.2 Å². The molecule has 13 heteroatoms. The molecule has 0 bridgehead atoms. The third-order valence-corrected chi connectivity index (χ3v) is 10.6. The first-order valence-electron chi connectivity index (χ1n) is 18.5. The number of hydrogen-bond acceptors (Lipinski definition) is 10. The third-order valence-electron chi connectivity index (χ3n) is 10.6. The molecule has 5 aromatic rings. The summed E-state index contributed by atoms with van der Waals surface area (Å²) in [5, 5.41) is 16.4. The number of nitrogens with one attached hydrogen (secondary N) is 1. The number of phenols is 1. The number of carbonyl (C=O) groups excluding carboxylic acids is 2. The Balaban J connectivity index is 0.816. The number of nitrogens with zero attached hydrogens (tertiary/aromatic N) is 4. The quantitative estimate of drug-likeness (QED) is 0.163. The highest BCUT2D eigenvalue weighted by atomic mass is 19.1. The van der Waals surface area contributed by atoms with Gasteiger partial charge in [-0.15, -0.1) is 0 Å². The van der Waals surface area contributed by atoms with Crippen molar-refractivity contribution < 1.29 is 33.3 Å². The van der Waals surface area contributed by atoms with E-state index in [2.05, 4.69) is 32.4 Å². The van der Waals surface area contributed by atoms with Crippen LogP contribution >= 0.6 is 0 Å². The Morgan fingerprint density at radius 1 is 0.836 bits per heavy atom. The summed E-state index contributed by atoms with van der Waals surface area (Å²) >= 11 is 0. The molecule has 2 aliphatic heterocycles. The number of aryl methyl sites for hydroxylation is 1. The third kappa shape index (κ3) is 8.21. The molecule has 0 saturated carbocycles. The zero-order valence-electron chi connectivity index (χ0n) is 30.0. The normalized spacial score (nSPS) is 21.1. The Hall–Kier alpha value is -6.08. The number of amides is 2. The van der Waals surface area contributed by atoms with Crippen LogP contribution in [0.2, 0.25) is 0 Å². The molecule has 1 aliphatic carbocycles. The van der Waals surface area contributed by atoms with Crippen LogP contribution in [-0.2, 0) is 16.0 Å². The second-order valence-corrected chi connectivity index (χ2v) is 14.2. The number of likely N-dealkylation sites (tertiary alicyclic amines) is 1. The minimum Gasteiger partial charge on any atom is -0.508 e. The fourth-order valence-corrected chi connectivity index (χ4v) is 7.86. The molecule has 4 atom stereocenters. The topological polar surface area (TPSA) is 145 Å². The number of phenolic OH excluding ortho intramolecular Hbond substituents is 1. The SMILES string of the molecule is O=C1CCC(n2ncc(Oc3ccc(O[C@@H]4CCN(CCOc5ccc([C@H]6c7ccc(O)cc7CC[C@H]6c6ccc(F)cc6)cc5)C4)nc3)cc2=O)C(=O)N1. The number of imide groups is 1. The van der Waals surface area contributed by atoms with Gasteiger partial charge in [-0.05, 0) is 96.3 Å². The molecule has 12 nitrogen and oxygen atoms in total. The minimum atomic E-state index is -0.844. The summed E-state index contributed by atoms with van der Waals surface area (Å²) in [5.41, 5.74) is 4.06. The number of piperidine rings is 1. The molecule has 8 rings (SSSR count). The lowest BCUT2D eigenvalue weighted by molar-refractivity contribution is -0.136. The van der Waals surface area contributed by atoms with Crippen molar-refractivity contribution in [1.29, 1.82) is 0 Å². The van der Waals surface area contributed by atoms with Gasteiger partial charge in [-0.1, -0.05) is 30.3 Å². The molecule has 282 valence electrons. The van der Waals surface area contributed by atoms with E-state index in [0.717, 1.165) is 66.0 Å². The number of aromatic hydroxyl groups is 1. The number of rotatable bonds is 11. The van der Waals surface area contributed by atoms with Crippen molar-refractivity contribution in [2.75, 3.05) is 26.2 Å². The van der Waals surface area contributed by atoms with E-state index in [1.165, 1.54) is 36.2 Å². The fourth-order valence-electron chi connectivity index (χ4n) is 7.86. The lowest BCUT2D eigenvalue weighted by Crippen LogP contribution is -2.45. The largest absolute Gasteiger partial charge is 0.508 e. The summed E-state index contributed by atoms with van der Waals surface area (Å²) in [6.45, 7) is 2.86. The van der Waals surface area contributed by atoms with Gasteiger partial charge < -0.3 is 19.3 Å². The maximum atomic E-state index is 13.8. The van der Waals surface area contributed by atoms with Crippen molar-refractivity contribution in [3.8, 4) is 28.9 Å². The van der Waals surface area contributed by atoms with Crippen molar-refractivity contribution in [1.82, 2.24) is 25.0 Å². The lowest BCUT2D eigenvalue weighted by atomic mass is 9.69. The molecule has 0 spiro atoms. The molecule has 1 unspecified atom stereocenters. The average molecular weight is 746 g/mol. The fraction of sp³-hybridized carbons (Fsp3) is 0.310. The summed E-state index contributed by atoms with van der Waals surface area (Å²) in [5.74, 6) is 1.18. The molecule has 2 fully saturated rings. The Bertz CT molecular complexity index is 2230. The number of pyridine rings is 1. The first-order valence-corrected chi connectivity index (χ1v) is 18.5. The summed E-state index contributed by atoms with van der Waals surface area (Å²) in [4.78, 5) is 42.9. The molecule has 2 amide bonds. The van der Waals surface area contributed by atoms with E-state index in [-0.39, 0.29) is 54.0 Å². The van der Waals surface area contributed by atoms with Crippen LogP contribution in [0, 0.1) is 5.82 Å². The van der Waals surface area contributed by atoms with Crippen LogP contribution in [0.3, 0.4) is 0 Å². The van der Waals surface area contributed by atoms with Gasteiger partial charge in [0.25, 0.3) is 11.5 Å². The maximum absolute atomic E-state index is 13.8. The van der Waals surface area contributed by atoms with Crippen molar-refractivity contribution in [2.24, 2.45) is 0 Å². The van der Waals surface area contributed by atoms with E-state index in [9.17, 15) is 23.9 Å². The minimum absolute atomic E-state index is 0.0306. The highest BCUT2D eigenvalue weighted by molar-refractivity contribution is 5.99. The van der Waals surface area contributed by atoms with E-state index in [1.807, 2.05) is 36.4 Å². The molecular weight excluding hydrogens is 705 g/mol. The molecule has 4 heterocycles. The zero-order valence-corrected chi connectivity index (χ0v) is 30.0. The number of hydrogen-bond donors (Lipinski definition) is 2. The van der Waals surface area contributed by atoms with Crippen molar-refractivity contribution >= 4 is 11.8 Å². The van der Waals surface area contributed by atoms with Gasteiger partial charge >= 0.3 is 0 Å². The van der Waals surface area contributed by atoms with Crippen molar-refractivity contribution in [3.63, 3.8) is 0 Å². The van der Waals surface area contributed by atoms with E-state index < -0.39 is 17.5 Å². The van der Waals surface area contributed by atoms with E-state index in [4.69, 9.17) is 14.2 Å². The summed E-state index contributed by atoms with van der Waals surface area (Å²) < 4.78 is 32.9. The second kappa shape index (κ2) is 15.7. The molecule has 3 aromatic carbocycles. The lowest BCUT2D eigenvalue weighted by Gasteiger charge is -2.35. The highest BCUT2D eigenvalue weighted by Crippen LogP contribution is 2.47. The number of aromatic nitrogens is 3. The van der Waals surface area contributed by atoms with E-state index in [1.54, 1.807) is 18.2 Å². The van der Waals surface area contributed by atoms with Crippen LogP contribution in [0.5, 0.6) is 28.9 Å². The van der Waals surface area contributed by atoms with Gasteiger partial charge in [-0.2, -0.15) is 5.10 Å². The number of halogens is 1. The van der Waals surface area contributed by atoms with Gasteiger partial charge in [0.15, 0.2) is 5.75 Å². The number of ether oxygens (including phenoxy) is 3. The zero-order chi connectivity index (χ0) is 37.9. The summed E-state index contributed by atoms with van der Waals surface area (Å²) in [7, 11) is 0. The Morgan fingerprint density at radius 2 is 1.64 bits per heavy atom. The smallest absolute Gasteiger partial charge is 0.271 e. The van der Waals surface area contributed by atoms with Crippen LogP contribution < -0.4 is 25.1 Å². The van der Waals surface area contributed by atoms with Gasteiger partial charge in [-0.25, -0.2) is 14.1 Å². The van der Waals surface area contributed by atoms with Crippen LogP contribution in [0.4, 0.5) is 4.39 Å². The summed E-state index contributed by atoms with van der Waals surface area (Å²) in [6, 6.07) is 24.5. The van der Waals surface area contributed by atoms with Crippen molar-refractivity contribution in [2.45, 2.75) is 56.1 Å². The number of carbonyl (C=O) groups is 2.